The number of alkyl halides is 1. The van der Waals surface area contributed by atoms with E-state index in [2.05, 4.69) is 14.8 Å². The SMILES string of the molecule is COC(OC)[C@@H](F)C(=O)Nc1ccccc1N. The molecule has 17 heavy (non-hydrogen) atoms. The first-order chi connectivity index (χ1) is 8.10. The van der Waals surface area contributed by atoms with Gasteiger partial charge in [-0.3, -0.25) is 4.79 Å². The summed E-state index contributed by atoms with van der Waals surface area (Å²) in [6.07, 6.45) is -3.16. The highest BCUT2D eigenvalue weighted by molar-refractivity contribution is 5.96. The highest BCUT2D eigenvalue weighted by Gasteiger charge is 2.28. The van der Waals surface area contributed by atoms with Crippen molar-refractivity contribution >= 4 is 17.3 Å². The molecule has 0 fully saturated rings. The van der Waals surface area contributed by atoms with Gasteiger partial charge in [0.1, 0.15) is 0 Å². The van der Waals surface area contributed by atoms with Crippen molar-refractivity contribution in [3.8, 4) is 0 Å². The van der Waals surface area contributed by atoms with Gasteiger partial charge in [0.05, 0.1) is 11.4 Å². The second-order valence-electron chi connectivity index (χ2n) is 3.32. The van der Waals surface area contributed by atoms with Gasteiger partial charge in [-0.1, -0.05) is 12.1 Å². The standard InChI is InChI=1S/C11H15FN2O3/c1-16-11(17-2)9(12)10(15)14-8-6-4-3-5-7(8)13/h3-6,9,11H,13H2,1-2H3,(H,14,15)/t9-/m0/s1. The van der Waals surface area contributed by atoms with Crippen LogP contribution in [-0.4, -0.2) is 32.6 Å². The average Bonchev–Trinajstić information content (AvgIpc) is 2.33. The molecule has 0 aromatic heterocycles. The second-order valence-corrected chi connectivity index (χ2v) is 3.32. The molecule has 0 bridgehead atoms. The Hall–Kier alpha value is -1.66. The molecule has 0 heterocycles. The molecule has 1 atom stereocenters. The third kappa shape index (κ3) is 3.40. The molecule has 0 aliphatic carbocycles. The van der Waals surface area contributed by atoms with Gasteiger partial charge in [-0.2, -0.15) is 0 Å². The van der Waals surface area contributed by atoms with E-state index in [0.717, 1.165) is 0 Å². The summed E-state index contributed by atoms with van der Waals surface area (Å²) < 4.78 is 22.9. The topological polar surface area (TPSA) is 73.6 Å². The lowest BCUT2D eigenvalue weighted by Crippen LogP contribution is -2.37. The minimum absolute atomic E-state index is 0.353. The van der Waals surface area contributed by atoms with Crippen molar-refractivity contribution in [2.75, 3.05) is 25.3 Å². The van der Waals surface area contributed by atoms with Crippen molar-refractivity contribution in [3.63, 3.8) is 0 Å². The fourth-order valence-electron chi connectivity index (χ4n) is 1.27. The number of hydrogen-bond donors (Lipinski definition) is 2. The van der Waals surface area contributed by atoms with E-state index in [0.29, 0.717) is 11.4 Å². The molecule has 0 spiro atoms. The maximum Gasteiger partial charge on any atom is 0.264 e. The summed E-state index contributed by atoms with van der Waals surface area (Å²) >= 11 is 0. The Bertz CT molecular complexity index is 383. The number of halogens is 1. The monoisotopic (exact) mass is 242 g/mol. The average molecular weight is 242 g/mol. The first-order valence-electron chi connectivity index (χ1n) is 4.95. The van der Waals surface area contributed by atoms with Gasteiger partial charge in [0.2, 0.25) is 6.17 Å². The first kappa shape index (κ1) is 13.4. The molecule has 0 saturated heterocycles. The Morgan fingerprint density at radius 2 is 1.94 bits per heavy atom. The molecule has 0 aliphatic heterocycles. The van der Waals surface area contributed by atoms with E-state index in [9.17, 15) is 9.18 Å². The molecule has 94 valence electrons. The smallest absolute Gasteiger partial charge is 0.264 e. The molecule has 6 heteroatoms. The van der Waals surface area contributed by atoms with Crippen molar-refractivity contribution in [1.82, 2.24) is 0 Å². The number of benzene rings is 1. The van der Waals surface area contributed by atoms with Gasteiger partial charge in [0.15, 0.2) is 6.29 Å². The van der Waals surface area contributed by atoms with Gasteiger partial charge >= 0.3 is 0 Å². The third-order valence-electron chi connectivity index (χ3n) is 2.17. The van der Waals surface area contributed by atoms with Gasteiger partial charge in [0, 0.05) is 14.2 Å². The van der Waals surface area contributed by atoms with Crippen LogP contribution < -0.4 is 11.1 Å². The van der Waals surface area contributed by atoms with Crippen molar-refractivity contribution in [2.45, 2.75) is 12.5 Å². The first-order valence-corrected chi connectivity index (χ1v) is 4.95. The van der Waals surface area contributed by atoms with Gasteiger partial charge in [-0.25, -0.2) is 4.39 Å². The lowest BCUT2D eigenvalue weighted by molar-refractivity contribution is -0.158. The highest BCUT2D eigenvalue weighted by Crippen LogP contribution is 2.18. The van der Waals surface area contributed by atoms with E-state index in [4.69, 9.17) is 5.73 Å². The number of nitrogens with one attached hydrogen (secondary N) is 1. The van der Waals surface area contributed by atoms with Gasteiger partial charge in [-0.05, 0) is 12.1 Å². The number of carbonyl (C=O) groups is 1. The van der Waals surface area contributed by atoms with Crippen molar-refractivity contribution < 1.29 is 18.7 Å². The molecule has 0 radical (unpaired) electrons. The van der Waals surface area contributed by atoms with Crippen LogP contribution in [0.1, 0.15) is 0 Å². The van der Waals surface area contributed by atoms with E-state index in [1.54, 1.807) is 24.3 Å². The number of nitrogens with two attached hydrogens (primary N) is 1. The minimum Gasteiger partial charge on any atom is -0.397 e. The summed E-state index contributed by atoms with van der Waals surface area (Å²) in [6, 6.07) is 6.58. The molecule has 1 aromatic carbocycles. The molecule has 3 N–H and O–H groups in total. The number of methoxy groups -OCH3 is 2. The van der Waals surface area contributed by atoms with Crippen molar-refractivity contribution in [1.29, 1.82) is 0 Å². The molecule has 0 aliphatic rings. The zero-order chi connectivity index (χ0) is 12.8. The molecule has 5 nitrogen and oxygen atoms in total. The summed E-state index contributed by atoms with van der Waals surface area (Å²) in [7, 11) is 2.51. The molecule has 0 saturated carbocycles. The predicted molar refractivity (Wildman–Crippen MR) is 62.2 cm³/mol. The third-order valence-corrected chi connectivity index (χ3v) is 2.17. The Balaban J connectivity index is 2.69. The highest BCUT2D eigenvalue weighted by atomic mass is 19.1. The molecule has 1 rings (SSSR count). The van der Waals surface area contributed by atoms with Crippen LogP contribution in [0.2, 0.25) is 0 Å². The Labute approximate surface area is 98.7 Å². The summed E-state index contributed by atoms with van der Waals surface area (Å²) in [5.41, 5.74) is 6.32. The van der Waals surface area contributed by atoms with Gasteiger partial charge < -0.3 is 20.5 Å². The summed E-state index contributed by atoms with van der Waals surface area (Å²) in [5, 5.41) is 2.36. The predicted octanol–water partition coefficient (Wildman–Crippen LogP) is 1.16. The summed E-state index contributed by atoms with van der Waals surface area (Å²) in [5.74, 6) is -0.864. The van der Waals surface area contributed by atoms with Crippen LogP contribution in [0.25, 0.3) is 0 Å². The molecule has 0 unspecified atom stereocenters. The van der Waals surface area contributed by atoms with Crippen molar-refractivity contribution in [3.05, 3.63) is 24.3 Å². The maximum atomic E-state index is 13.6. The van der Waals surface area contributed by atoms with E-state index in [1.165, 1.54) is 14.2 Å². The number of rotatable bonds is 5. The number of hydrogen-bond acceptors (Lipinski definition) is 4. The van der Waals surface area contributed by atoms with Gasteiger partial charge in [-0.15, -0.1) is 0 Å². The number of ether oxygens (including phenoxy) is 2. The van der Waals surface area contributed by atoms with Crippen molar-refractivity contribution in [2.24, 2.45) is 0 Å². The quantitative estimate of drug-likeness (QED) is 0.600. The van der Waals surface area contributed by atoms with Crippen LogP contribution in [-0.2, 0) is 14.3 Å². The normalized spacial score (nSPS) is 12.5. The molecule has 1 aromatic rings. The summed E-state index contributed by atoms with van der Waals surface area (Å²) in [4.78, 5) is 11.5. The lowest BCUT2D eigenvalue weighted by atomic mass is 10.2. The molecular formula is C11H15FN2O3. The Morgan fingerprint density at radius 3 is 2.47 bits per heavy atom. The molecule has 1 amide bonds. The zero-order valence-electron chi connectivity index (χ0n) is 9.64. The fraction of sp³-hybridized carbons (Fsp3) is 0.364. The van der Waals surface area contributed by atoms with E-state index in [-0.39, 0.29) is 0 Å². The van der Waals surface area contributed by atoms with Gasteiger partial charge in [0.25, 0.3) is 5.91 Å². The number of amides is 1. The van der Waals surface area contributed by atoms with Crippen LogP contribution in [0.15, 0.2) is 24.3 Å². The number of carbonyl (C=O) groups excluding carboxylic acids is 1. The van der Waals surface area contributed by atoms with E-state index < -0.39 is 18.4 Å². The van der Waals surface area contributed by atoms with Crippen LogP contribution in [0.5, 0.6) is 0 Å². The van der Waals surface area contributed by atoms with E-state index in [1.807, 2.05) is 0 Å². The second kappa shape index (κ2) is 6.17. The van der Waals surface area contributed by atoms with Crippen LogP contribution in [0, 0.1) is 0 Å². The van der Waals surface area contributed by atoms with Crippen LogP contribution in [0.4, 0.5) is 15.8 Å². The fourth-order valence-corrected chi connectivity index (χ4v) is 1.27. The summed E-state index contributed by atoms with van der Waals surface area (Å²) in [6.45, 7) is 0. The molecular weight excluding hydrogens is 227 g/mol. The Morgan fingerprint density at radius 1 is 1.35 bits per heavy atom. The Kier molecular flexibility index (Phi) is 4.86. The van der Waals surface area contributed by atoms with E-state index >= 15 is 0 Å². The number of para-hydroxylation sites is 2. The van der Waals surface area contributed by atoms with Crippen LogP contribution >= 0.6 is 0 Å². The number of nitrogen functional groups attached to an aromatic ring is 1. The minimum atomic E-state index is -1.93. The maximum absolute atomic E-state index is 13.6. The zero-order valence-corrected chi connectivity index (χ0v) is 9.64. The lowest BCUT2D eigenvalue weighted by Gasteiger charge is -2.17. The largest absolute Gasteiger partial charge is 0.397 e. The number of anilines is 2. The van der Waals surface area contributed by atoms with Crippen LogP contribution in [0.3, 0.4) is 0 Å².